The minimum absolute atomic E-state index is 0.878. The first-order valence-corrected chi connectivity index (χ1v) is 6.12. The summed E-state index contributed by atoms with van der Waals surface area (Å²) in [7, 11) is 0. The predicted octanol–water partition coefficient (Wildman–Crippen LogP) is 1.99. The van der Waals surface area contributed by atoms with E-state index in [0.29, 0.717) is 0 Å². The highest BCUT2D eigenvalue weighted by Gasteiger charge is 2.20. The van der Waals surface area contributed by atoms with Crippen LogP contribution in [0.5, 0.6) is 0 Å². The zero-order valence-corrected chi connectivity index (χ0v) is 9.69. The zero-order chi connectivity index (χ0) is 11.1. The third kappa shape index (κ3) is 4.73. The van der Waals surface area contributed by atoms with Crippen LogP contribution in [0.4, 0.5) is 0 Å². The lowest BCUT2D eigenvalue weighted by Gasteiger charge is -2.05. The third-order valence-electron chi connectivity index (χ3n) is 2.74. The van der Waals surface area contributed by atoms with E-state index >= 15 is 0 Å². The maximum Gasteiger partial charge on any atom is 0.0494 e. The van der Waals surface area contributed by atoms with E-state index in [4.69, 9.17) is 4.74 Å². The molecule has 1 fully saturated rings. The largest absolute Gasteiger partial charge is 0.381 e. The quantitative estimate of drug-likeness (QED) is 0.680. The molecule has 0 radical (unpaired) electrons. The lowest BCUT2D eigenvalue weighted by atomic mass is 10.3. The van der Waals surface area contributed by atoms with Crippen molar-refractivity contribution in [3.63, 3.8) is 0 Å². The number of hydrogen-bond acceptors (Lipinski definition) is 3. The lowest BCUT2D eigenvalue weighted by Crippen LogP contribution is -2.16. The minimum Gasteiger partial charge on any atom is -0.381 e. The second-order valence-corrected chi connectivity index (χ2v) is 4.41. The van der Waals surface area contributed by atoms with Crippen LogP contribution in [0.3, 0.4) is 0 Å². The number of pyridine rings is 1. The molecule has 0 aliphatic heterocycles. The molecule has 3 nitrogen and oxygen atoms in total. The van der Waals surface area contributed by atoms with Crippen molar-refractivity contribution < 1.29 is 4.74 Å². The van der Waals surface area contributed by atoms with Gasteiger partial charge in [-0.05, 0) is 43.4 Å². The molecule has 1 aliphatic carbocycles. The Balaban J connectivity index is 1.42. The summed E-state index contributed by atoms with van der Waals surface area (Å²) in [5.74, 6) is 0.878. The summed E-state index contributed by atoms with van der Waals surface area (Å²) >= 11 is 0. The molecule has 88 valence electrons. The first-order valence-electron chi connectivity index (χ1n) is 6.12. The van der Waals surface area contributed by atoms with Gasteiger partial charge in [-0.3, -0.25) is 4.98 Å². The van der Waals surface area contributed by atoms with E-state index in [2.05, 4.69) is 16.4 Å². The maximum absolute atomic E-state index is 5.56. The molecule has 1 aromatic heterocycles. The van der Waals surface area contributed by atoms with Gasteiger partial charge in [-0.1, -0.05) is 6.07 Å². The van der Waals surface area contributed by atoms with E-state index in [1.165, 1.54) is 18.4 Å². The van der Waals surface area contributed by atoms with Crippen LogP contribution in [0, 0.1) is 5.92 Å². The van der Waals surface area contributed by atoms with Crippen molar-refractivity contribution in [1.82, 2.24) is 10.3 Å². The van der Waals surface area contributed by atoms with Crippen molar-refractivity contribution in [3.05, 3.63) is 30.1 Å². The smallest absolute Gasteiger partial charge is 0.0494 e. The summed E-state index contributed by atoms with van der Waals surface area (Å²) in [5.41, 5.74) is 1.24. The van der Waals surface area contributed by atoms with Gasteiger partial charge in [-0.25, -0.2) is 0 Å². The Hall–Kier alpha value is -0.930. The first-order chi connectivity index (χ1) is 7.95. The Morgan fingerprint density at radius 1 is 1.44 bits per heavy atom. The fourth-order valence-corrected chi connectivity index (χ4v) is 1.57. The van der Waals surface area contributed by atoms with Crippen molar-refractivity contribution in [3.8, 4) is 0 Å². The number of rotatable bonds is 8. The van der Waals surface area contributed by atoms with Crippen molar-refractivity contribution in [2.75, 3.05) is 19.8 Å². The summed E-state index contributed by atoms with van der Waals surface area (Å²) < 4.78 is 5.56. The Bertz CT molecular complexity index is 285. The van der Waals surface area contributed by atoms with Gasteiger partial charge in [-0.2, -0.15) is 0 Å². The van der Waals surface area contributed by atoms with E-state index in [1.807, 2.05) is 12.3 Å². The highest BCUT2D eigenvalue weighted by Crippen LogP contribution is 2.28. The van der Waals surface area contributed by atoms with Crippen molar-refractivity contribution in [1.29, 1.82) is 0 Å². The van der Waals surface area contributed by atoms with Gasteiger partial charge in [0.05, 0.1) is 0 Å². The van der Waals surface area contributed by atoms with Gasteiger partial charge in [0.25, 0.3) is 0 Å². The van der Waals surface area contributed by atoms with Crippen LogP contribution in [-0.4, -0.2) is 24.7 Å². The van der Waals surface area contributed by atoms with Crippen LogP contribution in [-0.2, 0) is 11.3 Å². The minimum atomic E-state index is 0.878. The Labute approximate surface area is 97.2 Å². The van der Waals surface area contributed by atoms with E-state index in [1.54, 1.807) is 6.20 Å². The monoisotopic (exact) mass is 220 g/mol. The molecule has 16 heavy (non-hydrogen) atoms. The number of nitrogens with zero attached hydrogens (tertiary/aromatic N) is 1. The van der Waals surface area contributed by atoms with Gasteiger partial charge in [-0.15, -0.1) is 0 Å². The van der Waals surface area contributed by atoms with Gasteiger partial charge in [0.2, 0.25) is 0 Å². The SMILES string of the molecule is c1cncc(CNCCCOCC2CC2)c1. The van der Waals surface area contributed by atoms with Gasteiger partial charge in [0.15, 0.2) is 0 Å². The summed E-state index contributed by atoms with van der Waals surface area (Å²) in [4.78, 5) is 4.07. The molecule has 2 rings (SSSR count). The Kier molecular flexibility index (Phi) is 4.77. The molecule has 1 N–H and O–H groups in total. The molecule has 0 amide bonds. The fraction of sp³-hybridized carbons (Fsp3) is 0.615. The molecule has 1 aromatic rings. The van der Waals surface area contributed by atoms with Crippen molar-refractivity contribution in [2.45, 2.75) is 25.8 Å². The molecule has 1 saturated carbocycles. The van der Waals surface area contributed by atoms with E-state index in [-0.39, 0.29) is 0 Å². The van der Waals surface area contributed by atoms with Crippen LogP contribution >= 0.6 is 0 Å². The van der Waals surface area contributed by atoms with E-state index in [9.17, 15) is 0 Å². The highest BCUT2D eigenvalue weighted by molar-refractivity contribution is 5.07. The normalized spacial score (nSPS) is 15.2. The van der Waals surface area contributed by atoms with Crippen LogP contribution in [0.15, 0.2) is 24.5 Å². The van der Waals surface area contributed by atoms with E-state index in [0.717, 1.165) is 38.6 Å². The van der Waals surface area contributed by atoms with Gasteiger partial charge in [0, 0.05) is 32.2 Å². The lowest BCUT2D eigenvalue weighted by molar-refractivity contribution is 0.122. The van der Waals surface area contributed by atoms with Gasteiger partial charge in [0.1, 0.15) is 0 Å². The Morgan fingerprint density at radius 3 is 3.12 bits per heavy atom. The first kappa shape index (κ1) is 11.6. The molecule has 1 heterocycles. The molecule has 0 aromatic carbocycles. The summed E-state index contributed by atoms with van der Waals surface area (Å²) in [6, 6.07) is 4.05. The topological polar surface area (TPSA) is 34.2 Å². The van der Waals surface area contributed by atoms with Crippen LogP contribution in [0.25, 0.3) is 0 Å². The molecule has 3 heteroatoms. The molecular weight excluding hydrogens is 200 g/mol. The van der Waals surface area contributed by atoms with Crippen LogP contribution in [0.2, 0.25) is 0 Å². The van der Waals surface area contributed by atoms with Gasteiger partial charge < -0.3 is 10.1 Å². The maximum atomic E-state index is 5.56. The fourth-order valence-electron chi connectivity index (χ4n) is 1.57. The second-order valence-electron chi connectivity index (χ2n) is 4.41. The zero-order valence-electron chi connectivity index (χ0n) is 9.69. The average molecular weight is 220 g/mol. The molecule has 0 spiro atoms. The third-order valence-corrected chi connectivity index (χ3v) is 2.74. The standard InChI is InChI=1S/C13H20N2O/c1-3-13(9-14-6-1)10-15-7-2-8-16-11-12-4-5-12/h1,3,6,9,12,15H,2,4-5,7-8,10-11H2. The average Bonchev–Trinajstić information content (AvgIpc) is 3.13. The summed E-state index contributed by atoms with van der Waals surface area (Å²) in [5, 5.41) is 3.39. The van der Waals surface area contributed by atoms with Crippen LogP contribution in [0.1, 0.15) is 24.8 Å². The summed E-state index contributed by atoms with van der Waals surface area (Å²) in [6.45, 7) is 3.77. The number of ether oxygens (including phenoxy) is 1. The summed E-state index contributed by atoms with van der Waals surface area (Å²) in [6.07, 6.45) is 7.54. The molecule has 0 atom stereocenters. The van der Waals surface area contributed by atoms with Gasteiger partial charge >= 0.3 is 0 Å². The molecular formula is C13H20N2O. The Morgan fingerprint density at radius 2 is 2.38 bits per heavy atom. The van der Waals surface area contributed by atoms with E-state index < -0.39 is 0 Å². The highest BCUT2D eigenvalue weighted by atomic mass is 16.5. The van der Waals surface area contributed by atoms with Crippen molar-refractivity contribution >= 4 is 0 Å². The molecule has 0 saturated heterocycles. The van der Waals surface area contributed by atoms with Crippen molar-refractivity contribution in [2.24, 2.45) is 5.92 Å². The number of nitrogens with one attached hydrogen (secondary N) is 1. The number of hydrogen-bond donors (Lipinski definition) is 1. The molecule has 0 unspecified atom stereocenters. The predicted molar refractivity (Wildman–Crippen MR) is 64.1 cm³/mol. The molecule has 1 aliphatic rings. The second kappa shape index (κ2) is 6.61. The van der Waals surface area contributed by atoms with Crippen LogP contribution < -0.4 is 5.32 Å². The molecule has 0 bridgehead atoms. The number of aromatic nitrogens is 1.